The molecule has 2 aromatic carbocycles. The van der Waals surface area contributed by atoms with Crippen molar-refractivity contribution in [3.8, 4) is 10.6 Å². The average Bonchev–Trinajstić information content (AvgIpc) is 3.29. The lowest BCUT2D eigenvalue weighted by molar-refractivity contribution is -0.145. The van der Waals surface area contributed by atoms with E-state index >= 15 is 0 Å². The van der Waals surface area contributed by atoms with Gasteiger partial charge in [-0.25, -0.2) is 4.98 Å². The molecule has 1 fully saturated rings. The number of hydrogen-bond acceptors (Lipinski definition) is 4. The Morgan fingerprint density at radius 2 is 1.68 bits per heavy atom. The number of hydrogen-bond donors (Lipinski definition) is 1. The summed E-state index contributed by atoms with van der Waals surface area (Å²) in [5.74, 6) is -0.878. The molecule has 1 aliphatic heterocycles. The molecule has 0 aliphatic carbocycles. The number of aliphatic carboxylic acids is 1. The molecule has 0 spiro atoms. The van der Waals surface area contributed by atoms with Crippen molar-refractivity contribution in [1.82, 2.24) is 9.88 Å². The fourth-order valence-electron chi connectivity index (χ4n) is 3.78. The minimum Gasteiger partial charge on any atom is -0.481 e. The smallest absolute Gasteiger partial charge is 0.314 e. The number of nitrogens with zero attached hydrogens (tertiary/aromatic N) is 2. The molecule has 0 radical (unpaired) electrons. The van der Waals surface area contributed by atoms with E-state index in [2.05, 4.69) is 4.98 Å². The quantitative estimate of drug-likeness (QED) is 0.727. The zero-order valence-corrected chi connectivity index (χ0v) is 16.1. The number of thiazole rings is 1. The van der Waals surface area contributed by atoms with Crippen LogP contribution < -0.4 is 0 Å². The van der Waals surface area contributed by atoms with Crippen LogP contribution in [-0.4, -0.2) is 40.0 Å². The summed E-state index contributed by atoms with van der Waals surface area (Å²) in [6.45, 7) is 0.850. The molecule has 4 rings (SSSR count). The van der Waals surface area contributed by atoms with Gasteiger partial charge in [-0.15, -0.1) is 11.3 Å². The number of amides is 1. The van der Waals surface area contributed by atoms with Crippen LogP contribution in [0.4, 0.5) is 0 Å². The number of carbonyl (C=O) groups is 2. The molecular formula is C22H20N2O3S. The second-order valence-electron chi connectivity index (χ2n) is 6.96. The summed E-state index contributed by atoms with van der Waals surface area (Å²) in [5, 5.41) is 12.7. The van der Waals surface area contributed by atoms with Gasteiger partial charge in [-0.1, -0.05) is 42.5 Å². The number of rotatable bonds is 4. The van der Waals surface area contributed by atoms with Gasteiger partial charge in [0, 0.05) is 35.8 Å². The predicted octanol–water partition coefficient (Wildman–Crippen LogP) is 4.07. The second-order valence-corrected chi connectivity index (χ2v) is 7.85. The number of benzene rings is 2. The van der Waals surface area contributed by atoms with Crippen molar-refractivity contribution in [2.75, 3.05) is 13.1 Å². The number of carboxylic acids is 1. The van der Waals surface area contributed by atoms with Crippen molar-refractivity contribution >= 4 is 23.2 Å². The summed E-state index contributed by atoms with van der Waals surface area (Å²) >= 11 is 1.56. The number of carbonyl (C=O) groups excluding carboxylic acids is 1. The highest BCUT2D eigenvalue weighted by Crippen LogP contribution is 2.36. The molecule has 3 aromatic rings. The Bertz CT molecular complexity index is 961. The van der Waals surface area contributed by atoms with Gasteiger partial charge in [0.2, 0.25) is 0 Å². The third-order valence-corrected chi connectivity index (χ3v) is 6.27. The first kappa shape index (κ1) is 18.4. The van der Waals surface area contributed by atoms with Crippen molar-refractivity contribution in [3.05, 3.63) is 77.3 Å². The van der Waals surface area contributed by atoms with Crippen molar-refractivity contribution in [1.29, 1.82) is 0 Å². The van der Waals surface area contributed by atoms with E-state index in [4.69, 9.17) is 0 Å². The SMILES string of the molecule is O=C(c1ccc(-c2nccs2)cc1)N1CCC(C(=O)O)(c2ccccc2)CC1. The van der Waals surface area contributed by atoms with Crippen molar-refractivity contribution in [2.45, 2.75) is 18.3 Å². The van der Waals surface area contributed by atoms with Gasteiger partial charge >= 0.3 is 5.97 Å². The minimum atomic E-state index is -0.924. The molecule has 142 valence electrons. The van der Waals surface area contributed by atoms with Crippen LogP contribution in [0.3, 0.4) is 0 Å². The maximum absolute atomic E-state index is 12.9. The highest BCUT2D eigenvalue weighted by Gasteiger charge is 2.43. The molecule has 1 N–H and O–H groups in total. The number of piperidine rings is 1. The molecule has 6 heteroatoms. The van der Waals surface area contributed by atoms with E-state index in [9.17, 15) is 14.7 Å². The Morgan fingerprint density at radius 1 is 1.00 bits per heavy atom. The van der Waals surface area contributed by atoms with Crippen LogP contribution in [0.25, 0.3) is 10.6 Å². The first-order valence-corrected chi connectivity index (χ1v) is 10.1. The van der Waals surface area contributed by atoms with Gasteiger partial charge in [-0.05, 0) is 30.5 Å². The van der Waals surface area contributed by atoms with Crippen LogP contribution in [0.2, 0.25) is 0 Å². The Kier molecular flexibility index (Phi) is 4.96. The van der Waals surface area contributed by atoms with Gasteiger partial charge in [-0.3, -0.25) is 9.59 Å². The van der Waals surface area contributed by atoms with Crippen LogP contribution in [0.1, 0.15) is 28.8 Å². The number of carboxylic acid groups (broad SMARTS) is 1. The van der Waals surface area contributed by atoms with Gasteiger partial charge in [0.15, 0.2) is 0 Å². The molecule has 5 nitrogen and oxygen atoms in total. The Labute approximate surface area is 167 Å². The molecule has 28 heavy (non-hydrogen) atoms. The first-order valence-electron chi connectivity index (χ1n) is 9.18. The summed E-state index contributed by atoms with van der Waals surface area (Å²) < 4.78 is 0. The lowest BCUT2D eigenvalue weighted by Crippen LogP contribution is -2.49. The Morgan fingerprint density at radius 3 is 2.25 bits per heavy atom. The van der Waals surface area contributed by atoms with Gasteiger partial charge in [-0.2, -0.15) is 0 Å². The monoisotopic (exact) mass is 392 g/mol. The van der Waals surface area contributed by atoms with Crippen LogP contribution in [0, 0.1) is 0 Å². The summed E-state index contributed by atoms with van der Waals surface area (Å²) in [6, 6.07) is 16.8. The largest absolute Gasteiger partial charge is 0.481 e. The average molecular weight is 392 g/mol. The van der Waals surface area contributed by atoms with Crippen LogP contribution >= 0.6 is 11.3 Å². The van der Waals surface area contributed by atoms with E-state index in [1.54, 1.807) is 22.4 Å². The lowest BCUT2D eigenvalue weighted by atomic mass is 9.73. The molecule has 0 saturated carbocycles. The number of aromatic nitrogens is 1. The van der Waals surface area contributed by atoms with E-state index in [0.717, 1.165) is 16.1 Å². The Hall–Kier alpha value is -2.99. The maximum Gasteiger partial charge on any atom is 0.314 e. The van der Waals surface area contributed by atoms with E-state index in [1.165, 1.54) is 0 Å². The van der Waals surface area contributed by atoms with Crippen LogP contribution in [0.15, 0.2) is 66.2 Å². The van der Waals surface area contributed by atoms with E-state index in [-0.39, 0.29) is 5.91 Å². The standard InChI is InChI=1S/C22H20N2O3S/c25-20(17-8-6-16(7-9-17)19-23-12-15-28-19)24-13-10-22(11-14-24,21(26)27)18-4-2-1-3-5-18/h1-9,12,15H,10-11,13-14H2,(H,26,27). The fourth-order valence-corrected chi connectivity index (χ4v) is 4.42. The third-order valence-electron chi connectivity index (χ3n) is 5.45. The summed E-state index contributed by atoms with van der Waals surface area (Å²) in [4.78, 5) is 31.0. The van der Waals surface area contributed by atoms with Gasteiger partial charge in [0.05, 0.1) is 5.41 Å². The minimum absolute atomic E-state index is 0.0576. The maximum atomic E-state index is 12.9. The zero-order valence-electron chi connectivity index (χ0n) is 15.2. The van der Waals surface area contributed by atoms with Crippen molar-refractivity contribution in [2.24, 2.45) is 0 Å². The van der Waals surface area contributed by atoms with E-state index < -0.39 is 11.4 Å². The molecule has 0 bridgehead atoms. The molecular weight excluding hydrogens is 372 g/mol. The zero-order chi connectivity index (χ0) is 19.6. The predicted molar refractivity (Wildman–Crippen MR) is 108 cm³/mol. The first-order chi connectivity index (χ1) is 13.6. The van der Waals surface area contributed by atoms with Gasteiger partial charge in [0.25, 0.3) is 5.91 Å². The summed E-state index contributed by atoms with van der Waals surface area (Å²) in [6.07, 6.45) is 2.58. The molecule has 1 amide bonds. The van der Waals surface area contributed by atoms with E-state index in [0.29, 0.717) is 31.5 Å². The van der Waals surface area contributed by atoms with Crippen molar-refractivity contribution in [3.63, 3.8) is 0 Å². The highest BCUT2D eigenvalue weighted by molar-refractivity contribution is 7.13. The molecule has 0 unspecified atom stereocenters. The van der Waals surface area contributed by atoms with Gasteiger partial charge in [0.1, 0.15) is 5.01 Å². The molecule has 2 heterocycles. The molecule has 0 atom stereocenters. The number of likely N-dealkylation sites (tertiary alicyclic amines) is 1. The summed E-state index contributed by atoms with van der Waals surface area (Å²) in [7, 11) is 0. The molecule has 1 saturated heterocycles. The van der Waals surface area contributed by atoms with Crippen molar-refractivity contribution < 1.29 is 14.7 Å². The normalized spacial score (nSPS) is 15.9. The fraction of sp³-hybridized carbons (Fsp3) is 0.227. The third kappa shape index (κ3) is 3.31. The van der Waals surface area contributed by atoms with Gasteiger partial charge < -0.3 is 10.0 Å². The Balaban J connectivity index is 1.48. The topological polar surface area (TPSA) is 70.5 Å². The molecule has 1 aromatic heterocycles. The van der Waals surface area contributed by atoms with E-state index in [1.807, 2.05) is 60.0 Å². The second kappa shape index (κ2) is 7.56. The molecule has 1 aliphatic rings. The highest BCUT2D eigenvalue weighted by atomic mass is 32.1. The van der Waals surface area contributed by atoms with Crippen LogP contribution in [0.5, 0.6) is 0 Å². The summed E-state index contributed by atoms with van der Waals surface area (Å²) in [5.41, 5.74) is 1.48. The van der Waals surface area contributed by atoms with Crippen LogP contribution in [-0.2, 0) is 10.2 Å². The lowest BCUT2D eigenvalue weighted by Gasteiger charge is -2.39.